The van der Waals surface area contributed by atoms with Gasteiger partial charge >= 0.3 is 0 Å². The van der Waals surface area contributed by atoms with E-state index in [1.807, 2.05) is 23.2 Å². The van der Waals surface area contributed by atoms with E-state index in [0.29, 0.717) is 16.6 Å². The van der Waals surface area contributed by atoms with Crippen LogP contribution in [0.5, 0.6) is 0 Å². The summed E-state index contributed by atoms with van der Waals surface area (Å²) in [5, 5.41) is 10.6. The van der Waals surface area contributed by atoms with Gasteiger partial charge in [0.1, 0.15) is 5.69 Å². The number of piperidine rings is 1. The standard InChI is InChI=1S/C24H20N4OS/c1-2-23-26-22(15-30-23)24(29)28-12-10-17(11-13-28)16-6-8-18(9-7-16)19-4-3-5-21-20(19)14-25-27-21/h1,3-9,14-15,17H,10-13H2,(H,25,27). The van der Waals surface area contributed by atoms with Crippen LogP contribution < -0.4 is 0 Å². The zero-order valence-electron chi connectivity index (χ0n) is 16.3. The van der Waals surface area contributed by atoms with Crippen LogP contribution in [0.15, 0.2) is 54.0 Å². The van der Waals surface area contributed by atoms with Crippen molar-refractivity contribution in [3.63, 3.8) is 0 Å². The molecule has 1 aliphatic rings. The van der Waals surface area contributed by atoms with Crippen molar-refractivity contribution in [3.05, 3.63) is 70.3 Å². The van der Waals surface area contributed by atoms with E-state index in [2.05, 4.69) is 51.4 Å². The Labute approximate surface area is 178 Å². The van der Waals surface area contributed by atoms with Gasteiger partial charge in [-0.2, -0.15) is 5.10 Å². The second-order valence-corrected chi connectivity index (χ2v) is 8.37. The minimum absolute atomic E-state index is 0.0187. The van der Waals surface area contributed by atoms with Crippen LogP contribution in [0.1, 0.15) is 39.8 Å². The van der Waals surface area contributed by atoms with Crippen LogP contribution in [0.3, 0.4) is 0 Å². The number of terminal acetylenes is 1. The normalized spacial score (nSPS) is 14.7. The third-order valence-electron chi connectivity index (χ3n) is 5.81. The maximum atomic E-state index is 12.7. The molecule has 1 aliphatic heterocycles. The summed E-state index contributed by atoms with van der Waals surface area (Å²) in [4.78, 5) is 18.8. The van der Waals surface area contributed by atoms with Gasteiger partial charge in [0.05, 0.1) is 11.7 Å². The lowest BCUT2D eigenvalue weighted by Gasteiger charge is -2.32. The van der Waals surface area contributed by atoms with Gasteiger partial charge in [0.2, 0.25) is 0 Å². The molecule has 3 heterocycles. The first-order chi connectivity index (χ1) is 14.7. The topological polar surface area (TPSA) is 61.9 Å². The van der Waals surface area contributed by atoms with Crippen molar-refractivity contribution in [2.45, 2.75) is 18.8 Å². The molecule has 0 saturated carbocycles. The maximum Gasteiger partial charge on any atom is 0.273 e. The summed E-state index contributed by atoms with van der Waals surface area (Å²) in [5.74, 6) is 2.93. The van der Waals surface area contributed by atoms with Crippen molar-refractivity contribution in [1.82, 2.24) is 20.1 Å². The van der Waals surface area contributed by atoms with Crippen LogP contribution in [0, 0.1) is 12.3 Å². The molecule has 1 amide bonds. The van der Waals surface area contributed by atoms with E-state index in [1.165, 1.54) is 28.0 Å². The van der Waals surface area contributed by atoms with Gasteiger partial charge in [-0.15, -0.1) is 17.8 Å². The summed E-state index contributed by atoms with van der Waals surface area (Å²) >= 11 is 1.34. The largest absolute Gasteiger partial charge is 0.337 e. The molecule has 0 atom stereocenters. The summed E-state index contributed by atoms with van der Waals surface area (Å²) in [5.41, 5.74) is 5.20. The average Bonchev–Trinajstić information content (AvgIpc) is 3.48. The highest BCUT2D eigenvalue weighted by atomic mass is 32.1. The molecular formula is C24H20N4OS. The van der Waals surface area contributed by atoms with Crippen molar-refractivity contribution in [2.75, 3.05) is 13.1 Å². The number of aromatic nitrogens is 3. The Morgan fingerprint density at radius 2 is 1.97 bits per heavy atom. The molecule has 1 fully saturated rings. The van der Waals surface area contributed by atoms with Crippen LogP contribution >= 0.6 is 11.3 Å². The molecule has 4 aromatic rings. The number of fused-ring (bicyclic) bond motifs is 1. The second-order valence-electron chi connectivity index (χ2n) is 7.51. The Morgan fingerprint density at radius 1 is 1.17 bits per heavy atom. The van der Waals surface area contributed by atoms with Crippen molar-refractivity contribution in [1.29, 1.82) is 0 Å². The number of nitrogens with one attached hydrogen (secondary N) is 1. The predicted octanol–water partition coefficient (Wildman–Crippen LogP) is 4.69. The molecule has 2 aromatic carbocycles. The smallest absolute Gasteiger partial charge is 0.273 e. The molecule has 1 N–H and O–H groups in total. The van der Waals surface area contributed by atoms with Gasteiger partial charge in [0, 0.05) is 23.9 Å². The van der Waals surface area contributed by atoms with E-state index >= 15 is 0 Å². The average molecular weight is 413 g/mol. The second kappa shape index (κ2) is 7.77. The van der Waals surface area contributed by atoms with Crippen LogP contribution in [0.2, 0.25) is 0 Å². The lowest BCUT2D eigenvalue weighted by atomic mass is 9.88. The van der Waals surface area contributed by atoms with Crippen molar-refractivity contribution < 1.29 is 4.79 Å². The van der Waals surface area contributed by atoms with Gasteiger partial charge in [-0.1, -0.05) is 36.4 Å². The zero-order chi connectivity index (χ0) is 20.5. The first-order valence-electron chi connectivity index (χ1n) is 9.97. The van der Waals surface area contributed by atoms with E-state index in [9.17, 15) is 4.79 Å². The highest BCUT2D eigenvalue weighted by molar-refractivity contribution is 7.10. The Bertz CT molecular complexity index is 1240. The molecule has 30 heavy (non-hydrogen) atoms. The minimum atomic E-state index is -0.0187. The van der Waals surface area contributed by atoms with E-state index < -0.39 is 0 Å². The Kier molecular flexibility index (Phi) is 4.82. The maximum absolute atomic E-state index is 12.7. The van der Waals surface area contributed by atoms with Crippen LogP contribution in [-0.2, 0) is 0 Å². The van der Waals surface area contributed by atoms with Gasteiger partial charge in [-0.05, 0) is 47.4 Å². The van der Waals surface area contributed by atoms with Crippen LogP contribution in [0.25, 0.3) is 22.0 Å². The van der Waals surface area contributed by atoms with E-state index in [-0.39, 0.29) is 5.91 Å². The molecular weight excluding hydrogens is 392 g/mol. The van der Waals surface area contributed by atoms with E-state index in [1.54, 1.807) is 5.38 Å². The number of rotatable bonds is 3. The number of thiazole rings is 1. The molecule has 6 heteroatoms. The highest BCUT2D eigenvalue weighted by Gasteiger charge is 2.25. The molecule has 2 aromatic heterocycles. The fourth-order valence-corrected chi connectivity index (χ4v) is 4.77. The number of benzene rings is 2. The van der Waals surface area contributed by atoms with Gasteiger partial charge in [-0.25, -0.2) is 4.98 Å². The number of likely N-dealkylation sites (tertiary alicyclic amines) is 1. The number of hydrogen-bond acceptors (Lipinski definition) is 4. The van der Waals surface area contributed by atoms with Gasteiger partial charge in [0.25, 0.3) is 5.91 Å². The lowest BCUT2D eigenvalue weighted by molar-refractivity contribution is 0.0708. The molecule has 0 radical (unpaired) electrons. The summed E-state index contributed by atoms with van der Waals surface area (Å²) in [6.07, 6.45) is 9.14. The SMILES string of the molecule is C#Cc1nc(C(=O)N2CCC(c3ccc(-c4cccc5[nH]ncc45)cc3)CC2)cs1. The zero-order valence-corrected chi connectivity index (χ0v) is 17.2. The predicted molar refractivity (Wildman–Crippen MR) is 119 cm³/mol. The fourth-order valence-electron chi connectivity index (χ4n) is 4.17. The van der Waals surface area contributed by atoms with E-state index in [4.69, 9.17) is 6.42 Å². The van der Waals surface area contributed by atoms with Gasteiger partial charge in [-0.3, -0.25) is 9.89 Å². The Balaban J connectivity index is 1.27. The molecule has 1 saturated heterocycles. The number of amides is 1. The van der Waals surface area contributed by atoms with E-state index in [0.717, 1.165) is 36.8 Å². The Hall–Kier alpha value is -3.43. The monoisotopic (exact) mass is 412 g/mol. The van der Waals surface area contributed by atoms with Crippen molar-refractivity contribution in [2.24, 2.45) is 0 Å². The third kappa shape index (κ3) is 3.38. The first-order valence-corrected chi connectivity index (χ1v) is 10.8. The fraction of sp³-hybridized carbons (Fsp3) is 0.208. The summed E-state index contributed by atoms with van der Waals surface area (Å²) in [7, 11) is 0. The van der Waals surface area contributed by atoms with Crippen LogP contribution in [0.4, 0.5) is 0 Å². The molecule has 0 spiro atoms. The number of carbonyl (C=O) groups is 1. The van der Waals surface area contributed by atoms with Crippen LogP contribution in [-0.4, -0.2) is 39.1 Å². The van der Waals surface area contributed by atoms with Gasteiger partial charge < -0.3 is 4.90 Å². The lowest BCUT2D eigenvalue weighted by Crippen LogP contribution is -2.38. The highest BCUT2D eigenvalue weighted by Crippen LogP contribution is 2.32. The van der Waals surface area contributed by atoms with Crippen molar-refractivity contribution in [3.8, 4) is 23.5 Å². The molecule has 5 rings (SSSR count). The quantitative estimate of drug-likeness (QED) is 0.497. The Morgan fingerprint density at radius 3 is 2.70 bits per heavy atom. The molecule has 0 bridgehead atoms. The van der Waals surface area contributed by atoms with Crippen molar-refractivity contribution >= 4 is 28.1 Å². The number of aromatic amines is 1. The number of H-pyrrole nitrogens is 1. The number of nitrogens with zero attached hydrogens (tertiary/aromatic N) is 3. The molecule has 5 nitrogen and oxygen atoms in total. The first kappa shape index (κ1) is 18.6. The summed E-state index contributed by atoms with van der Waals surface area (Å²) in [6.45, 7) is 1.48. The molecule has 0 aliphatic carbocycles. The summed E-state index contributed by atoms with van der Waals surface area (Å²) < 4.78 is 0. The minimum Gasteiger partial charge on any atom is -0.337 e. The summed E-state index contributed by atoms with van der Waals surface area (Å²) in [6, 6.07) is 15.0. The third-order valence-corrected chi connectivity index (χ3v) is 6.58. The van der Waals surface area contributed by atoms with Gasteiger partial charge in [0.15, 0.2) is 5.01 Å². The molecule has 148 valence electrons. The number of hydrogen-bond donors (Lipinski definition) is 1. The number of carbonyl (C=O) groups excluding carboxylic acids is 1. The molecule has 0 unspecified atom stereocenters.